The number of nitrogens with zero attached hydrogens (tertiary/aromatic N) is 3. The second-order valence-electron chi connectivity index (χ2n) is 5.06. The monoisotopic (exact) mass is 335 g/mol. The first kappa shape index (κ1) is 16.8. The Balaban J connectivity index is 2.56. The standard InChI is InChI=1S/C15H14ClN3O4/c1-8(2)23-14(20)12-9(3)17-15(16)18-13(12)10-4-6-11(7-5-10)19(21)22/h4-8H,1-3H3. The summed E-state index contributed by atoms with van der Waals surface area (Å²) in [6, 6.07) is 5.67. The lowest BCUT2D eigenvalue weighted by molar-refractivity contribution is -0.384. The molecule has 0 saturated carbocycles. The zero-order valence-electron chi connectivity index (χ0n) is 12.7. The molecule has 1 aromatic carbocycles. The molecule has 0 unspecified atom stereocenters. The Hall–Kier alpha value is -2.54. The van der Waals surface area contributed by atoms with Crippen LogP contribution in [0.1, 0.15) is 29.9 Å². The van der Waals surface area contributed by atoms with Gasteiger partial charge in [0.25, 0.3) is 5.69 Å². The molecule has 0 N–H and O–H groups in total. The maximum atomic E-state index is 12.3. The summed E-state index contributed by atoms with van der Waals surface area (Å²) in [7, 11) is 0. The highest BCUT2D eigenvalue weighted by Gasteiger charge is 2.22. The van der Waals surface area contributed by atoms with E-state index in [1.165, 1.54) is 24.3 Å². The van der Waals surface area contributed by atoms with E-state index in [1.807, 2.05) is 0 Å². The Morgan fingerprint density at radius 1 is 1.26 bits per heavy atom. The molecular formula is C15H14ClN3O4. The normalized spacial score (nSPS) is 10.7. The van der Waals surface area contributed by atoms with Gasteiger partial charge in [0.05, 0.1) is 22.4 Å². The number of ether oxygens (including phenoxy) is 1. The Morgan fingerprint density at radius 3 is 2.39 bits per heavy atom. The van der Waals surface area contributed by atoms with Gasteiger partial charge >= 0.3 is 5.97 Å². The molecule has 0 saturated heterocycles. The van der Waals surface area contributed by atoms with E-state index in [0.29, 0.717) is 11.3 Å². The summed E-state index contributed by atoms with van der Waals surface area (Å²) >= 11 is 5.88. The zero-order valence-corrected chi connectivity index (χ0v) is 13.5. The van der Waals surface area contributed by atoms with Crippen molar-refractivity contribution >= 4 is 23.3 Å². The largest absolute Gasteiger partial charge is 0.459 e. The molecule has 0 aliphatic rings. The van der Waals surface area contributed by atoms with Gasteiger partial charge in [0.1, 0.15) is 5.56 Å². The summed E-state index contributed by atoms with van der Waals surface area (Å²) in [6.07, 6.45) is -0.303. The molecule has 0 aliphatic heterocycles. The number of benzene rings is 1. The number of non-ortho nitro benzene ring substituents is 1. The molecule has 0 bridgehead atoms. The number of halogens is 1. The minimum Gasteiger partial charge on any atom is -0.459 e. The van der Waals surface area contributed by atoms with Gasteiger partial charge < -0.3 is 4.74 Å². The van der Waals surface area contributed by atoms with Gasteiger partial charge in [-0.2, -0.15) is 0 Å². The number of esters is 1. The van der Waals surface area contributed by atoms with Crippen molar-refractivity contribution in [3.05, 3.63) is 50.9 Å². The third-order valence-electron chi connectivity index (χ3n) is 2.96. The molecule has 7 nitrogen and oxygen atoms in total. The molecule has 8 heteroatoms. The van der Waals surface area contributed by atoms with Gasteiger partial charge in [-0.1, -0.05) is 0 Å². The number of hydrogen-bond donors (Lipinski definition) is 0. The van der Waals surface area contributed by atoms with Gasteiger partial charge in [-0.3, -0.25) is 10.1 Å². The number of rotatable bonds is 4. The number of hydrogen-bond acceptors (Lipinski definition) is 6. The molecule has 0 spiro atoms. The van der Waals surface area contributed by atoms with Crippen LogP contribution in [0, 0.1) is 17.0 Å². The second kappa shape index (κ2) is 6.70. The first-order valence-corrected chi connectivity index (χ1v) is 7.17. The molecule has 1 aromatic heterocycles. The fourth-order valence-corrected chi connectivity index (χ4v) is 2.22. The van der Waals surface area contributed by atoms with Crippen molar-refractivity contribution in [3.8, 4) is 11.3 Å². The number of aryl methyl sites for hydroxylation is 1. The van der Waals surface area contributed by atoms with E-state index >= 15 is 0 Å². The van der Waals surface area contributed by atoms with Crippen LogP contribution in [-0.2, 0) is 4.74 Å². The van der Waals surface area contributed by atoms with E-state index in [4.69, 9.17) is 16.3 Å². The lowest BCUT2D eigenvalue weighted by Gasteiger charge is -2.13. The molecule has 1 heterocycles. The topological polar surface area (TPSA) is 95.2 Å². The van der Waals surface area contributed by atoms with Gasteiger partial charge in [0, 0.05) is 17.7 Å². The molecule has 0 fully saturated rings. The minimum atomic E-state index is -0.567. The van der Waals surface area contributed by atoms with Crippen molar-refractivity contribution in [2.45, 2.75) is 26.9 Å². The van der Waals surface area contributed by atoms with Gasteiger partial charge in [0.15, 0.2) is 0 Å². The van der Waals surface area contributed by atoms with E-state index in [2.05, 4.69) is 9.97 Å². The molecule has 23 heavy (non-hydrogen) atoms. The Morgan fingerprint density at radius 2 is 1.87 bits per heavy atom. The van der Waals surface area contributed by atoms with Crippen molar-refractivity contribution in [1.82, 2.24) is 9.97 Å². The van der Waals surface area contributed by atoms with Crippen LogP contribution in [0.3, 0.4) is 0 Å². The van der Waals surface area contributed by atoms with Crippen LogP contribution in [0.25, 0.3) is 11.3 Å². The maximum absolute atomic E-state index is 12.3. The molecule has 0 radical (unpaired) electrons. The van der Waals surface area contributed by atoms with E-state index in [0.717, 1.165) is 0 Å². The molecule has 2 rings (SSSR count). The number of nitro groups is 1. The van der Waals surface area contributed by atoms with Crippen molar-refractivity contribution in [2.75, 3.05) is 0 Å². The van der Waals surface area contributed by atoms with Crippen LogP contribution in [0.4, 0.5) is 5.69 Å². The molecular weight excluding hydrogens is 322 g/mol. The Bertz CT molecular complexity index is 760. The highest BCUT2D eigenvalue weighted by atomic mass is 35.5. The van der Waals surface area contributed by atoms with Gasteiger partial charge in [0.2, 0.25) is 5.28 Å². The summed E-state index contributed by atoms with van der Waals surface area (Å²) < 4.78 is 5.21. The molecule has 0 aliphatic carbocycles. The highest BCUT2D eigenvalue weighted by molar-refractivity contribution is 6.28. The summed E-state index contributed by atoms with van der Waals surface area (Å²) in [5, 5.41) is 10.7. The molecule has 0 atom stereocenters. The summed E-state index contributed by atoms with van der Waals surface area (Å²) in [6.45, 7) is 5.09. The number of nitro benzene ring substituents is 1. The number of carbonyl (C=O) groups excluding carboxylic acids is 1. The third kappa shape index (κ3) is 3.81. The second-order valence-corrected chi connectivity index (χ2v) is 5.40. The predicted octanol–water partition coefficient (Wildman–Crippen LogP) is 3.58. The highest BCUT2D eigenvalue weighted by Crippen LogP contribution is 2.27. The van der Waals surface area contributed by atoms with E-state index in [-0.39, 0.29) is 28.3 Å². The average Bonchev–Trinajstić information content (AvgIpc) is 2.45. The number of carbonyl (C=O) groups is 1. The fraction of sp³-hybridized carbons (Fsp3) is 0.267. The van der Waals surface area contributed by atoms with Crippen LogP contribution in [0.2, 0.25) is 5.28 Å². The van der Waals surface area contributed by atoms with E-state index < -0.39 is 10.9 Å². The van der Waals surface area contributed by atoms with Crippen LogP contribution in [-0.4, -0.2) is 27.0 Å². The van der Waals surface area contributed by atoms with Crippen molar-refractivity contribution < 1.29 is 14.5 Å². The molecule has 0 amide bonds. The van der Waals surface area contributed by atoms with E-state index in [1.54, 1.807) is 20.8 Å². The van der Waals surface area contributed by atoms with Crippen LogP contribution in [0.15, 0.2) is 24.3 Å². The molecule has 120 valence electrons. The van der Waals surface area contributed by atoms with Gasteiger partial charge in [-0.05, 0) is 44.5 Å². The Labute approximate surface area is 137 Å². The minimum absolute atomic E-state index is 0.0167. The lowest BCUT2D eigenvalue weighted by atomic mass is 10.0. The quantitative estimate of drug-likeness (QED) is 0.367. The average molecular weight is 336 g/mol. The van der Waals surface area contributed by atoms with Crippen LogP contribution < -0.4 is 0 Å². The number of aromatic nitrogens is 2. The third-order valence-corrected chi connectivity index (χ3v) is 3.13. The Kier molecular flexibility index (Phi) is 4.90. The maximum Gasteiger partial charge on any atom is 0.342 e. The summed E-state index contributed by atoms with van der Waals surface area (Å²) in [5.41, 5.74) is 1.31. The summed E-state index contributed by atoms with van der Waals surface area (Å²) in [5.74, 6) is -0.567. The predicted molar refractivity (Wildman–Crippen MR) is 84.4 cm³/mol. The van der Waals surface area contributed by atoms with Crippen molar-refractivity contribution in [3.63, 3.8) is 0 Å². The smallest absolute Gasteiger partial charge is 0.342 e. The fourth-order valence-electron chi connectivity index (χ4n) is 2.01. The first-order valence-electron chi connectivity index (χ1n) is 6.79. The lowest BCUT2D eigenvalue weighted by Crippen LogP contribution is -2.16. The van der Waals surface area contributed by atoms with Gasteiger partial charge in [-0.15, -0.1) is 0 Å². The van der Waals surface area contributed by atoms with Crippen molar-refractivity contribution in [1.29, 1.82) is 0 Å². The van der Waals surface area contributed by atoms with Crippen LogP contribution in [0.5, 0.6) is 0 Å². The van der Waals surface area contributed by atoms with Crippen molar-refractivity contribution in [2.24, 2.45) is 0 Å². The van der Waals surface area contributed by atoms with Gasteiger partial charge in [-0.25, -0.2) is 14.8 Å². The molecule has 2 aromatic rings. The summed E-state index contributed by atoms with van der Waals surface area (Å²) in [4.78, 5) is 30.6. The first-order chi connectivity index (χ1) is 10.8. The SMILES string of the molecule is Cc1nc(Cl)nc(-c2ccc([N+](=O)[O-])cc2)c1C(=O)OC(C)C. The van der Waals surface area contributed by atoms with E-state index in [9.17, 15) is 14.9 Å². The van der Waals surface area contributed by atoms with Crippen LogP contribution >= 0.6 is 11.6 Å². The zero-order chi connectivity index (χ0) is 17.1.